The zero-order chi connectivity index (χ0) is 19.4. The largest absolute Gasteiger partial charge is 0.448 e. The van der Waals surface area contributed by atoms with Crippen LogP contribution in [0.3, 0.4) is 0 Å². The molecule has 0 aliphatic carbocycles. The molecule has 1 fully saturated rings. The molecule has 1 aliphatic rings. The number of terminal acetylenes is 1. The molecule has 3 N–H and O–H groups in total. The Morgan fingerprint density at radius 3 is 2.81 bits per heavy atom. The van der Waals surface area contributed by atoms with Gasteiger partial charge in [0, 0.05) is 11.4 Å². The van der Waals surface area contributed by atoms with E-state index in [0.29, 0.717) is 0 Å². The second-order valence-electron chi connectivity index (χ2n) is 5.82. The highest BCUT2D eigenvalue weighted by atomic mass is 32.2. The van der Waals surface area contributed by atoms with Gasteiger partial charge >= 0.3 is 11.8 Å². The third kappa shape index (κ3) is 4.37. The Kier molecular flexibility index (Phi) is 6.66. The van der Waals surface area contributed by atoms with Gasteiger partial charge in [-0.3, -0.25) is 9.88 Å². The average molecular weight is 383 g/mol. The fourth-order valence-corrected chi connectivity index (χ4v) is 2.51. The highest BCUT2D eigenvalue weighted by Gasteiger charge is 2.42. The summed E-state index contributed by atoms with van der Waals surface area (Å²) in [6, 6.07) is 0. The number of hydrogen-bond donors (Lipinski definition) is 3. The molecule has 1 aliphatic heterocycles. The highest BCUT2D eigenvalue weighted by Crippen LogP contribution is 2.28. The van der Waals surface area contributed by atoms with Gasteiger partial charge in [0.2, 0.25) is 0 Å². The maximum absolute atomic E-state index is 12.3. The summed E-state index contributed by atoms with van der Waals surface area (Å²) in [4.78, 5) is 27.8. The molecule has 1 unspecified atom stereocenters. The first-order valence-electron chi connectivity index (χ1n) is 7.86. The smallest absolute Gasteiger partial charge is 0.412 e. The third-order valence-electron chi connectivity index (χ3n) is 3.93. The predicted molar refractivity (Wildman–Crippen MR) is 96.0 cm³/mol. The number of aliphatic hydroxyl groups is 2. The first kappa shape index (κ1) is 20.3. The fourth-order valence-electron chi connectivity index (χ4n) is 2.30. The zero-order valence-electron chi connectivity index (χ0n) is 14.6. The monoisotopic (exact) mass is 383 g/mol. The molecule has 5 atom stereocenters. The Bertz CT molecular complexity index is 761. The lowest BCUT2D eigenvalue weighted by Gasteiger charge is -2.18. The quantitative estimate of drug-likeness (QED) is 0.615. The number of nitrogens with zero attached hydrogens (tertiary/aromatic N) is 2. The van der Waals surface area contributed by atoms with Gasteiger partial charge in [-0.1, -0.05) is 12.8 Å². The van der Waals surface area contributed by atoms with Crippen molar-refractivity contribution < 1.29 is 24.5 Å². The number of aromatic nitrogens is 2. The van der Waals surface area contributed by atoms with Gasteiger partial charge in [0.05, 0.1) is 11.7 Å². The molecule has 10 heteroatoms. The Morgan fingerprint density at radius 1 is 1.58 bits per heavy atom. The van der Waals surface area contributed by atoms with Gasteiger partial charge in [-0.05, 0) is 13.2 Å². The molecule has 2 rings (SSSR count). The van der Waals surface area contributed by atoms with Gasteiger partial charge in [-0.15, -0.1) is 6.42 Å². The van der Waals surface area contributed by atoms with E-state index in [1.807, 2.05) is 13.2 Å². The maximum atomic E-state index is 12.3. The van der Waals surface area contributed by atoms with Gasteiger partial charge in [0.25, 0.3) is 0 Å². The lowest BCUT2D eigenvalue weighted by Crippen LogP contribution is -2.36. The number of carbonyl (C=O) groups excluding carboxylic acids is 1. The van der Waals surface area contributed by atoms with Gasteiger partial charge in [-0.2, -0.15) is 16.7 Å². The zero-order valence-corrected chi connectivity index (χ0v) is 15.4. The summed E-state index contributed by atoms with van der Waals surface area (Å²) in [7, 11) is 0. The van der Waals surface area contributed by atoms with E-state index in [0.717, 1.165) is 4.57 Å². The van der Waals surface area contributed by atoms with Crippen LogP contribution in [0.2, 0.25) is 0 Å². The van der Waals surface area contributed by atoms with Crippen LogP contribution < -0.4 is 11.0 Å². The number of ether oxygens (including phenoxy) is 2. The molecule has 1 amide bonds. The second kappa shape index (κ2) is 8.55. The topological polar surface area (TPSA) is 123 Å². The summed E-state index contributed by atoms with van der Waals surface area (Å²) >= 11 is 1.54. The van der Waals surface area contributed by atoms with E-state index in [1.54, 1.807) is 6.92 Å². The van der Waals surface area contributed by atoms with Crippen molar-refractivity contribution >= 4 is 23.7 Å². The SMILES string of the molecule is C#Cc1cn([C@@H]2O[C@H](C)[C@@H](O)[C@H]2O)c(=O)nc1NC(=O)OCC(C)SC. The van der Waals surface area contributed by atoms with Crippen molar-refractivity contribution in [2.45, 2.75) is 43.6 Å². The standard InChI is InChI=1S/C16H21N3O6S/c1-5-10-6-19(14-12(21)11(20)9(3)25-14)15(22)17-13(10)18-16(23)24-7-8(2)26-4/h1,6,8-9,11-12,14,20-21H,7H2,2-4H3,(H,17,18,22,23)/t8?,9-,11-,12-,14-/m1/s1. The van der Waals surface area contributed by atoms with Crippen LogP contribution in [0.1, 0.15) is 25.6 Å². The molecule has 9 nitrogen and oxygen atoms in total. The number of carbonyl (C=O) groups is 1. The van der Waals surface area contributed by atoms with Crippen LogP contribution in [-0.4, -0.2) is 62.3 Å². The number of aliphatic hydroxyl groups excluding tert-OH is 2. The van der Waals surface area contributed by atoms with E-state index in [1.165, 1.54) is 18.0 Å². The van der Waals surface area contributed by atoms with Crippen molar-refractivity contribution in [1.82, 2.24) is 9.55 Å². The van der Waals surface area contributed by atoms with Crippen molar-refractivity contribution in [1.29, 1.82) is 0 Å². The molecule has 26 heavy (non-hydrogen) atoms. The summed E-state index contributed by atoms with van der Waals surface area (Å²) < 4.78 is 11.4. The molecule has 0 bridgehead atoms. The molecule has 1 aromatic rings. The average Bonchev–Trinajstić information content (AvgIpc) is 2.87. The van der Waals surface area contributed by atoms with Crippen LogP contribution in [-0.2, 0) is 9.47 Å². The van der Waals surface area contributed by atoms with Crippen LogP contribution in [0.15, 0.2) is 11.0 Å². The van der Waals surface area contributed by atoms with Crippen LogP contribution in [0.4, 0.5) is 10.6 Å². The van der Waals surface area contributed by atoms with E-state index < -0.39 is 36.3 Å². The number of hydrogen-bond acceptors (Lipinski definition) is 8. The highest BCUT2D eigenvalue weighted by molar-refractivity contribution is 7.99. The number of rotatable bonds is 5. The van der Waals surface area contributed by atoms with E-state index in [-0.39, 0.29) is 23.2 Å². The number of amides is 1. The van der Waals surface area contributed by atoms with Crippen molar-refractivity contribution in [3.8, 4) is 12.3 Å². The van der Waals surface area contributed by atoms with E-state index in [2.05, 4.69) is 16.2 Å². The molecule has 1 saturated heterocycles. The molecule has 2 heterocycles. The summed E-state index contributed by atoms with van der Waals surface area (Å²) in [5.41, 5.74) is -0.702. The summed E-state index contributed by atoms with van der Waals surface area (Å²) in [5, 5.41) is 22.3. The van der Waals surface area contributed by atoms with Gasteiger partial charge in [0.15, 0.2) is 12.0 Å². The summed E-state index contributed by atoms with van der Waals surface area (Å²) in [6.07, 6.45) is 3.51. The van der Waals surface area contributed by atoms with Crippen LogP contribution >= 0.6 is 11.8 Å². The first-order valence-corrected chi connectivity index (χ1v) is 9.15. The Morgan fingerprint density at radius 2 is 2.27 bits per heavy atom. The fraction of sp³-hybridized carbons (Fsp3) is 0.562. The van der Waals surface area contributed by atoms with E-state index >= 15 is 0 Å². The van der Waals surface area contributed by atoms with Gasteiger partial charge < -0.3 is 19.7 Å². The molecular formula is C16H21N3O6S. The molecule has 1 aromatic heterocycles. The second-order valence-corrected chi connectivity index (χ2v) is 7.10. The maximum Gasteiger partial charge on any atom is 0.412 e. The van der Waals surface area contributed by atoms with Crippen molar-refractivity contribution in [2.75, 3.05) is 18.2 Å². The minimum atomic E-state index is -1.31. The minimum absolute atomic E-state index is 0.101. The molecule has 142 valence electrons. The predicted octanol–water partition coefficient (Wildman–Crippen LogP) is 0.164. The summed E-state index contributed by atoms with van der Waals surface area (Å²) in [6.45, 7) is 3.65. The van der Waals surface area contributed by atoms with Crippen LogP contribution in [0, 0.1) is 12.3 Å². The van der Waals surface area contributed by atoms with E-state index in [4.69, 9.17) is 15.9 Å². The normalized spacial score (nSPS) is 26.2. The number of anilines is 1. The molecule has 0 aromatic carbocycles. The minimum Gasteiger partial charge on any atom is -0.448 e. The number of nitrogens with one attached hydrogen (secondary N) is 1. The summed E-state index contributed by atoms with van der Waals surface area (Å²) in [5.74, 6) is 2.18. The van der Waals surface area contributed by atoms with Gasteiger partial charge in [0.1, 0.15) is 18.8 Å². The van der Waals surface area contributed by atoms with Crippen molar-refractivity contribution in [3.63, 3.8) is 0 Å². The molecular weight excluding hydrogens is 362 g/mol. The van der Waals surface area contributed by atoms with Crippen molar-refractivity contribution in [3.05, 3.63) is 22.2 Å². The lowest BCUT2D eigenvalue weighted by atomic mass is 10.1. The lowest BCUT2D eigenvalue weighted by molar-refractivity contribution is -0.0350. The number of thioether (sulfide) groups is 1. The van der Waals surface area contributed by atoms with Gasteiger partial charge in [-0.25, -0.2) is 9.59 Å². The molecule has 0 radical (unpaired) electrons. The molecule has 0 spiro atoms. The van der Waals surface area contributed by atoms with E-state index in [9.17, 15) is 19.8 Å². The first-order chi connectivity index (χ1) is 12.3. The van der Waals surface area contributed by atoms with Crippen LogP contribution in [0.5, 0.6) is 0 Å². The Hall–Kier alpha value is -2.06. The Balaban J connectivity index is 2.21. The third-order valence-corrected chi connectivity index (χ3v) is 4.87. The molecule has 0 saturated carbocycles. The Labute approximate surface area is 154 Å². The van der Waals surface area contributed by atoms with Crippen LogP contribution in [0.25, 0.3) is 0 Å². The van der Waals surface area contributed by atoms with Crippen molar-refractivity contribution in [2.24, 2.45) is 0 Å².